The molecule has 0 bridgehead atoms. The van der Waals surface area contributed by atoms with Crippen molar-refractivity contribution >= 4 is 0 Å². The zero-order valence-corrected chi connectivity index (χ0v) is 6.16. The van der Waals surface area contributed by atoms with Gasteiger partial charge in [0, 0.05) is 0 Å². The molecule has 0 fully saturated rings. The first-order valence-corrected chi connectivity index (χ1v) is 3.75. The second kappa shape index (κ2) is 3.70. The van der Waals surface area contributed by atoms with Gasteiger partial charge in [-0.1, -0.05) is 31.7 Å². The molecule has 1 aliphatic rings. The molecule has 0 heterocycles. The Balaban J connectivity index is 0.000000720. The van der Waals surface area contributed by atoms with Gasteiger partial charge in [0.25, 0.3) is 0 Å². The molecule has 66 valence electrons. The van der Waals surface area contributed by atoms with Crippen LogP contribution in [0.3, 0.4) is 0 Å². The van der Waals surface area contributed by atoms with Gasteiger partial charge in [-0.05, 0) is 11.1 Å². The second-order valence-corrected chi connectivity index (χ2v) is 2.60. The minimum Gasteiger partial charge on any atom is -0.394 e. The summed E-state index contributed by atoms with van der Waals surface area (Å²) in [4.78, 5) is 0. The number of hydrogen-bond donors (Lipinski definition) is 1. The van der Waals surface area contributed by atoms with E-state index in [-0.39, 0.29) is 20.1 Å². The van der Waals surface area contributed by atoms with Crippen LogP contribution in [0.25, 0.3) is 0 Å². The van der Waals surface area contributed by atoms with E-state index >= 15 is 0 Å². The predicted octanol–water partition coefficient (Wildman–Crippen LogP) is 1.73. The molecule has 0 spiro atoms. The number of fused-ring (bicyclic) bond motifs is 1. The summed E-state index contributed by atoms with van der Waals surface area (Å²) in [5.74, 6) is 0. The molecule has 0 unspecified atom stereocenters. The minimum atomic E-state index is 0. The fourth-order valence-corrected chi connectivity index (χ4v) is 1.27. The molecule has 0 amide bonds. The summed E-state index contributed by atoms with van der Waals surface area (Å²) < 4.78 is 5.32. The van der Waals surface area contributed by atoms with Crippen molar-refractivity contribution in [3.05, 3.63) is 35.4 Å². The van der Waals surface area contributed by atoms with Crippen LogP contribution in [0.2, 0.25) is 0 Å². The fraction of sp³-hybridized carbons (Fsp3) is 0.400. The highest BCUT2D eigenvalue weighted by Crippen LogP contribution is 2.43. The third-order valence-electron chi connectivity index (χ3n) is 1.85. The van der Waals surface area contributed by atoms with Crippen LogP contribution in [-0.2, 0) is 4.74 Å². The van der Waals surface area contributed by atoms with Gasteiger partial charge in [-0.25, -0.2) is 0 Å². The highest BCUT2D eigenvalue weighted by molar-refractivity contribution is 5.49. The highest BCUT2D eigenvalue weighted by Gasteiger charge is 2.32. The SMILES string of the molecule is C.OCCOC1c2ccccc21. The first-order chi connectivity index (χ1) is 5.43. The molecule has 1 aromatic rings. The van der Waals surface area contributed by atoms with Crippen LogP contribution in [-0.4, -0.2) is 18.3 Å². The standard InChI is InChI=1S/C9H10O2.CH4/c10-5-6-11-9-7-3-1-2-4-8(7)9;/h1-4,9-10H,5-6H2;1H4. The number of benzene rings is 1. The normalized spacial score (nSPS) is 13.4. The third kappa shape index (κ3) is 1.49. The van der Waals surface area contributed by atoms with Gasteiger partial charge in [0.15, 0.2) is 0 Å². The van der Waals surface area contributed by atoms with Gasteiger partial charge >= 0.3 is 0 Å². The average molecular weight is 166 g/mol. The number of aliphatic hydroxyl groups is 1. The van der Waals surface area contributed by atoms with E-state index in [1.807, 2.05) is 12.1 Å². The van der Waals surface area contributed by atoms with Gasteiger partial charge in [0.2, 0.25) is 0 Å². The van der Waals surface area contributed by atoms with Gasteiger partial charge in [-0.2, -0.15) is 0 Å². The van der Waals surface area contributed by atoms with Gasteiger partial charge in [0.1, 0.15) is 6.10 Å². The first kappa shape index (κ1) is 9.23. The molecule has 0 atom stereocenters. The Morgan fingerprint density at radius 1 is 1.25 bits per heavy atom. The third-order valence-corrected chi connectivity index (χ3v) is 1.85. The van der Waals surface area contributed by atoms with Crippen LogP contribution < -0.4 is 0 Å². The summed E-state index contributed by atoms with van der Waals surface area (Å²) in [5.41, 5.74) is 2.53. The lowest BCUT2D eigenvalue weighted by Crippen LogP contribution is -1.96. The number of ether oxygens (including phenoxy) is 1. The van der Waals surface area contributed by atoms with Gasteiger partial charge in [-0.3, -0.25) is 0 Å². The lowest BCUT2D eigenvalue weighted by molar-refractivity contribution is 0.0733. The summed E-state index contributed by atoms with van der Waals surface area (Å²) in [6.45, 7) is 0.532. The van der Waals surface area contributed by atoms with Crippen molar-refractivity contribution in [3.63, 3.8) is 0 Å². The van der Waals surface area contributed by atoms with E-state index in [0.717, 1.165) is 0 Å². The van der Waals surface area contributed by atoms with Crippen molar-refractivity contribution in [3.8, 4) is 0 Å². The monoisotopic (exact) mass is 166 g/mol. The molecule has 2 rings (SSSR count). The van der Waals surface area contributed by atoms with Crippen LogP contribution >= 0.6 is 0 Å². The smallest absolute Gasteiger partial charge is 0.108 e. The van der Waals surface area contributed by atoms with E-state index < -0.39 is 0 Å². The summed E-state index contributed by atoms with van der Waals surface area (Å²) in [5, 5.41) is 8.50. The quantitative estimate of drug-likeness (QED) is 0.741. The molecular formula is C10H14O2. The van der Waals surface area contributed by atoms with E-state index in [2.05, 4.69) is 12.1 Å². The van der Waals surface area contributed by atoms with E-state index in [1.54, 1.807) is 0 Å². The molecule has 0 saturated carbocycles. The average Bonchev–Trinajstić information content (AvgIpc) is 2.75. The van der Waals surface area contributed by atoms with Crippen molar-refractivity contribution in [1.29, 1.82) is 0 Å². The van der Waals surface area contributed by atoms with Gasteiger partial charge in [-0.15, -0.1) is 0 Å². The van der Waals surface area contributed by atoms with Gasteiger partial charge < -0.3 is 9.84 Å². The topological polar surface area (TPSA) is 29.5 Å². The molecule has 0 aromatic heterocycles. The predicted molar refractivity (Wildman–Crippen MR) is 48.1 cm³/mol. The summed E-state index contributed by atoms with van der Waals surface area (Å²) in [6, 6.07) is 8.11. The van der Waals surface area contributed by atoms with Crippen molar-refractivity contribution in [2.24, 2.45) is 0 Å². The Kier molecular flexibility index (Phi) is 2.84. The van der Waals surface area contributed by atoms with Crippen molar-refractivity contribution < 1.29 is 9.84 Å². The first-order valence-electron chi connectivity index (χ1n) is 3.75. The Hall–Kier alpha value is -0.860. The zero-order valence-electron chi connectivity index (χ0n) is 6.16. The van der Waals surface area contributed by atoms with Crippen LogP contribution in [0, 0.1) is 0 Å². The van der Waals surface area contributed by atoms with Crippen LogP contribution in [0.15, 0.2) is 24.3 Å². The Morgan fingerprint density at radius 2 is 1.83 bits per heavy atom. The largest absolute Gasteiger partial charge is 0.394 e. The molecular weight excluding hydrogens is 152 g/mol. The summed E-state index contributed by atoms with van der Waals surface area (Å²) >= 11 is 0. The zero-order chi connectivity index (χ0) is 7.68. The van der Waals surface area contributed by atoms with Crippen LogP contribution in [0.1, 0.15) is 24.7 Å². The molecule has 1 N–H and O–H groups in total. The molecule has 0 aliphatic heterocycles. The highest BCUT2D eigenvalue weighted by atomic mass is 16.5. The van der Waals surface area contributed by atoms with Crippen molar-refractivity contribution in [2.45, 2.75) is 13.5 Å². The van der Waals surface area contributed by atoms with E-state index in [1.165, 1.54) is 11.1 Å². The summed E-state index contributed by atoms with van der Waals surface area (Å²) in [7, 11) is 0. The van der Waals surface area contributed by atoms with Gasteiger partial charge in [0.05, 0.1) is 13.2 Å². The van der Waals surface area contributed by atoms with Crippen molar-refractivity contribution in [2.75, 3.05) is 13.2 Å². The Morgan fingerprint density at radius 3 is 2.33 bits per heavy atom. The van der Waals surface area contributed by atoms with Crippen LogP contribution in [0.4, 0.5) is 0 Å². The molecule has 0 saturated heterocycles. The molecule has 0 radical (unpaired) electrons. The number of hydrogen-bond acceptors (Lipinski definition) is 2. The molecule has 12 heavy (non-hydrogen) atoms. The molecule has 2 heteroatoms. The van der Waals surface area contributed by atoms with Crippen molar-refractivity contribution in [1.82, 2.24) is 0 Å². The Labute approximate surface area is 72.8 Å². The second-order valence-electron chi connectivity index (χ2n) is 2.60. The molecule has 1 aliphatic carbocycles. The lowest BCUT2D eigenvalue weighted by Gasteiger charge is -1.95. The Bertz CT molecular complexity index is 235. The maximum Gasteiger partial charge on any atom is 0.108 e. The van der Waals surface area contributed by atoms with Crippen LogP contribution in [0.5, 0.6) is 0 Å². The fourth-order valence-electron chi connectivity index (χ4n) is 1.27. The summed E-state index contributed by atoms with van der Waals surface area (Å²) in [6.07, 6.45) is 0.178. The molecule has 2 nitrogen and oxygen atoms in total. The number of aliphatic hydroxyl groups excluding tert-OH is 1. The maximum absolute atomic E-state index is 8.50. The maximum atomic E-state index is 8.50. The lowest BCUT2D eigenvalue weighted by atomic mass is 10.4. The number of rotatable bonds is 3. The van der Waals surface area contributed by atoms with E-state index in [4.69, 9.17) is 9.84 Å². The molecule has 1 aromatic carbocycles. The van der Waals surface area contributed by atoms with E-state index in [9.17, 15) is 0 Å². The van der Waals surface area contributed by atoms with E-state index in [0.29, 0.717) is 6.61 Å². The minimum absolute atomic E-state index is 0.